The zero-order valence-electron chi connectivity index (χ0n) is 25.7. The van der Waals surface area contributed by atoms with Crippen LogP contribution in [0.15, 0.2) is 0 Å². The van der Waals surface area contributed by atoms with E-state index in [0.29, 0.717) is 0 Å². The lowest BCUT2D eigenvalue weighted by atomic mass is 9.92. The second-order valence-corrected chi connectivity index (χ2v) is 12.2. The maximum absolute atomic E-state index is 11.8. The van der Waals surface area contributed by atoms with Crippen LogP contribution >= 0.6 is 0 Å². The number of carboxylic acids is 2. The number of carboxylic acid groups (broad SMARTS) is 2. The molecule has 0 radical (unpaired) electrons. The van der Waals surface area contributed by atoms with Crippen LogP contribution in [0.4, 0.5) is 0 Å². The van der Waals surface area contributed by atoms with E-state index in [9.17, 15) is 86.2 Å². The lowest BCUT2D eigenvalue weighted by Crippen LogP contribution is -2.67. The third kappa shape index (κ3) is 8.19. The SMILES string of the molecule is O=C(O)[C@H]1O[C@H](OC[C@H]2O[C@H](O[C@@H]3C[C@@](O)(C(=O)O)O[C@H]([C@H](O)CO)[C@@H]3O)[C@@H](O)[C@@H](O)[C@@H]2O[C@H]2O[C@H](CO)[C@H](O)[C@H](O)[C@H]2O)[C@H](O)[C@@H](O)[C@H]1O. The van der Waals surface area contributed by atoms with Crippen molar-refractivity contribution in [3.05, 3.63) is 0 Å². The molecule has 4 fully saturated rings. The minimum absolute atomic E-state index is 0.891. The normalized spacial score (nSPS) is 49.3. The predicted molar refractivity (Wildman–Crippen MR) is 146 cm³/mol. The third-order valence-corrected chi connectivity index (χ3v) is 8.75. The van der Waals surface area contributed by atoms with Gasteiger partial charge in [0, 0.05) is 6.42 Å². The smallest absolute Gasteiger partial charge is 0.364 e. The fourth-order valence-corrected chi connectivity index (χ4v) is 5.83. The molecule has 4 heterocycles. The first kappa shape index (κ1) is 40.9. The van der Waals surface area contributed by atoms with Crippen molar-refractivity contribution in [2.45, 2.75) is 129 Å². The van der Waals surface area contributed by atoms with Crippen LogP contribution in [0, 0.1) is 0 Å². The Morgan fingerprint density at radius 3 is 1.84 bits per heavy atom. The van der Waals surface area contributed by atoms with Crippen LogP contribution in [-0.2, 0) is 42.7 Å². The number of aliphatic hydroxyl groups excluding tert-OH is 12. The molecule has 15 N–H and O–H groups in total. The summed E-state index contributed by atoms with van der Waals surface area (Å²) >= 11 is 0. The van der Waals surface area contributed by atoms with Gasteiger partial charge in [-0.3, -0.25) is 0 Å². The molecule has 24 heteroatoms. The van der Waals surface area contributed by atoms with Gasteiger partial charge in [-0.15, -0.1) is 0 Å². The van der Waals surface area contributed by atoms with Gasteiger partial charge >= 0.3 is 11.9 Å². The van der Waals surface area contributed by atoms with E-state index in [1.165, 1.54) is 0 Å². The first-order valence-electron chi connectivity index (χ1n) is 15.1. The molecule has 0 aromatic heterocycles. The van der Waals surface area contributed by atoms with E-state index >= 15 is 0 Å². The van der Waals surface area contributed by atoms with E-state index in [-0.39, 0.29) is 0 Å². The van der Waals surface area contributed by atoms with Gasteiger partial charge in [-0.2, -0.15) is 0 Å². The lowest BCUT2D eigenvalue weighted by molar-refractivity contribution is -0.381. The highest BCUT2D eigenvalue weighted by molar-refractivity contribution is 5.75. The van der Waals surface area contributed by atoms with Crippen molar-refractivity contribution >= 4 is 11.9 Å². The number of ether oxygens (including phenoxy) is 7. The van der Waals surface area contributed by atoms with Gasteiger partial charge < -0.3 is 110 Å². The zero-order valence-corrected chi connectivity index (χ0v) is 25.7. The molecule has 0 aliphatic carbocycles. The second kappa shape index (κ2) is 16.4. The Balaban J connectivity index is 1.61. The molecule has 0 saturated carbocycles. The van der Waals surface area contributed by atoms with Gasteiger partial charge in [0.15, 0.2) is 25.0 Å². The van der Waals surface area contributed by atoms with Crippen molar-refractivity contribution in [3.63, 3.8) is 0 Å². The van der Waals surface area contributed by atoms with Gasteiger partial charge in [0.1, 0.15) is 85.5 Å². The maximum Gasteiger partial charge on any atom is 0.364 e. The first-order chi connectivity index (χ1) is 23.4. The summed E-state index contributed by atoms with van der Waals surface area (Å²) in [5.41, 5.74) is 0. The molecule has 4 aliphatic rings. The van der Waals surface area contributed by atoms with Gasteiger partial charge in [-0.05, 0) is 0 Å². The zero-order chi connectivity index (χ0) is 37.4. The molecule has 0 bridgehead atoms. The third-order valence-electron chi connectivity index (χ3n) is 8.75. The molecule has 0 unspecified atom stereocenters. The average Bonchev–Trinajstić information content (AvgIpc) is 3.07. The van der Waals surface area contributed by atoms with Crippen LogP contribution in [0.5, 0.6) is 0 Å². The molecule has 0 aromatic carbocycles. The second-order valence-electron chi connectivity index (χ2n) is 12.2. The topological polar surface area (TPSA) is 402 Å². The summed E-state index contributed by atoms with van der Waals surface area (Å²) in [6.45, 7) is -2.92. The number of rotatable bonds is 12. The first-order valence-corrected chi connectivity index (χ1v) is 15.1. The van der Waals surface area contributed by atoms with Gasteiger partial charge in [-0.25, -0.2) is 9.59 Å². The summed E-state index contributed by atoms with van der Waals surface area (Å²) in [5.74, 6) is -6.89. The highest BCUT2D eigenvalue weighted by atomic mass is 16.8. The molecule has 4 rings (SSSR count). The fraction of sp³-hybridized carbons (Fsp3) is 0.923. The molecule has 0 aromatic rings. The Morgan fingerprint density at radius 2 is 1.26 bits per heavy atom. The molecule has 0 spiro atoms. The van der Waals surface area contributed by atoms with Crippen LogP contribution in [0.2, 0.25) is 0 Å². The van der Waals surface area contributed by atoms with E-state index < -0.39 is 161 Å². The Morgan fingerprint density at radius 1 is 0.700 bits per heavy atom. The Labute approximate surface area is 280 Å². The molecule has 20 atom stereocenters. The van der Waals surface area contributed by atoms with E-state index in [0.717, 1.165) is 0 Å². The van der Waals surface area contributed by atoms with Crippen molar-refractivity contribution in [2.24, 2.45) is 0 Å². The summed E-state index contributed by atoms with van der Waals surface area (Å²) < 4.78 is 37.4. The minimum Gasteiger partial charge on any atom is -0.479 e. The highest BCUT2D eigenvalue weighted by Gasteiger charge is 2.57. The summed E-state index contributed by atoms with van der Waals surface area (Å²) in [4.78, 5) is 23.3. The predicted octanol–water partition coefficient (Wildman–Crippen LogP) is -9.81. The largest absolute Gasteiger partial charge is 0.479 e. The Hall–Kier alpha value is -1.86. The number of aliphatic carboxylic acids is 2. The summed E-state index contributed by atoms with van der Waals surface area (Å²) in [7, 11) is 0. The van der Waals surface area contributed by atoms with Crippen molar-refractivity contribution in [1.29, 1.82) is 0 Å². The molecular formula is C26H42O24. The quantitative estimate of drug-likeness (QED) is 0.0883. The maximum atomic E-state index is 11.8. The number of hydrogen-bond acceptors (Lipinski definition) is 22. The standard InChI is InChI=1S/C26H42O24/c27-2-5(29)18-10(31)6(1-26(43,50-18)25(41)42)45-23-17(38)14(35)19(48-24-16(37)11(32)9(30)7(3-28)46-24)8(47-23)4-44-22-15(36)12(33)13(34)20(49-22)21(39)40/h5-20,22-24,27-38,43H,1-4H2,(H,39,40)(H,41,42)/t5-,6-,7-,8-,9+,10-,11+,12+,13-,14-,15-,16-,17+,18-,19-,20+,22+,23+,24-,26+/m1/s1. The molecule has 290 valence electrons. The highest BCUT2D eigenvalue weighted by Crippen LogP contribution is 2.36. The van der Waals surface area contributed by atoms with Gasteiger partial charge in [0.25, 0.3) is 5.79 Å². The van der Waals surface area contributed by atoms with Crippen LogP contribution in [-0.4, -0.2) is 231 Å². The number of hydrogen-bond donors (Lipinski definition) is 15. The minimum atomic E-state index is -3.12. The Kier molecular flexibility index (Phi) is 13.4. The van der Waals surface area contributed by atoms with E-state index in [4.69, 9.17) is 33.2 Å². The van der Waals surface area contributed by atoms with Crippen molar-refractivity contribution in [1.82, 2.24) is 0 Å². The van der Waals surface area contributed by atoms with Gasteiger partial charge in [0.2, 0.25) is 0 Å². The van der Waals surface area contributed by atoms with Gasteiger partial charge in [0.05, 0.1) is 25.9 Å². The average molecular weight is 739 g/mol. The van der Waals surface area contributed by atoms with Crippen molar-refractivity contribution in [3.8, 4) is 0 Å². The van der Waals surface area contributed by atoms with Crippen LogP contribution in [0.25, 0.3) is 0 Å². The van der Waals surface area contributed by atoms with E-state index in [1.807, 2.05) is 0 Å². The van der Waals surface area contributed by atoms with E-state index in [1.54, 1.807) is 0 Å². The number of carbonyl (C=O) groups is 2. The monoisotopic (exact) mass is 738 g/mol. The number of aliphatic hydroxyl groups is 13. The van der Waals surface area contributed by atoms with E-state index in [2.05, 4.69) is 0 Å². The van der Waals surface area contributed by atoms with Crippen LogP contribution in [0.1, 0.15) is 6.42 Å². The molecule has 24 nitrogen and oxygen atoms in total. The molecule has 4 aliphatic heterocycles. The van der Waals surface area contributed by atoms with Crippen molar-refractivity contribution < 1.29 is 119 Å². The van der Waals surface area contributed by atoms with Gasteiger partial charge in [-0.1, -0.05) is 0 Å². The Bertz CT molecular complexity index is 1150. The molecule has 4 saturated heterocycles. The lowest BCUT2D eigenvalue weighted by Gasteiger charge is -2.48. The summed E-state index contributed by atoms with van der Waals surface area (Å²) in [5, 5.41) is 152. The molecular weight excluding hydrogens is 696 g/mol. The van der Waals surface area contributed by atoms with Crippen LogP contribution < -0.4 is 0 Å². The fourth-order valence-electron chi connectivity index (χ4n) is 5.83. The van der Waals surface area contributed by atoms with Crippen molar-refractivity contribution in [2.75, 3.05) is 19.8 Å². The molecule has 50 heavy (non-hydrogen) atoms. The molecule has 0 amide bonds. The summed E-state index contributed by atoms with van der Waals surface area (Å²) in [6, 6.07) is 0. The summed E-state index contributed by atoms with van der Waals surface area (Å²) in [6.07, 6.45) is -38.9. The van der Waals surface area contributed by atoms with Crippen LogP contribution in [0.3, 0.4) is 0 Å².